The Kier molecular flexibility index (Phi) is 1.11. The predicted molar refractivity (Wildman–Crippen MR) is 47.3 cm³/mol. The van der Waals surface area contributed by atoms with E-state index in [0.717, 1.165) is 11.4 Å². The van der Waals surface area contributed by atoms with E-state index in [1.807, 2.05) is 24.3 Å². The van der Waals surface area contributed by atoms with Crippen LogP contribution in [0.4, 0.5) is 23.0 Å². The SMILES string of the molecule is c1ccc2c(c1)Nc1nonc1N2. The molecule has 0 atom stereocenters. The van der Waals surface area contributed by atoms with Crippen LogP contribution >= 0.6 is 0 Å². The minimum atomic E-state index is 0.624. The van der Waals surface area contributed by atoms with Gasteiger partial charge in [-0.3, -0.25) is 0 Å². The third-order valence-electron chi connectivity index (χ3n) is 1.92. The van der Waals surface area contributed by atoms with E-state index in [-0.39, 0.29) is 0 Å². The zero-order valence-electron chi connectivity index (χ0n) is 6.61. The lowest BCUT2D eigenvalue weighted by Crippen LogP contribution is -2.05. The van der Waals surface area contributed by atoms with E-state index in [1.54, 1.807) is 0 Å². The van der Waals surface area contributed by atoms with Crippen molar-refractivity contribution >= 4 is 23.0 Å². The summed E-state index contributed by atoms with van der Waals surface area (Å²) in [6.07, 6.45) is 0. The van der Waals surface area contributed by atoms with Gasteiger partial charge >= 0.3 is 0 Å². The lowest BCUT2D eigenvalue weighted by Gasteiger charge is -2.15. The first-order valence-corrected chi connectivity index (χ1v) is 3.89. The third kappa shape index (κ3) is 0.868. The van der Waals surface area contributed by atoms with Crippen molar-refractivity contribution in [1.82, 2.24) is 10.3 Å². The molecular weight excluding hydrogens is 168 g/mol. The van der Waals surface area contributed by atoms with Gasteiger partial charge in [-0.2, -0.15) is 0 Å². The van der Waals surface area contributed by atoms with Crippen molar-refractivity contribution in [3.05, 3.63) is 24.3 Å². The molecule has 3 rings (SSSR count). The zero-order chi connectivity index (χ0) is 8.67. The second-order valence-electron chi connectivity index (χ2n) is 2.76. The van der Waals surface area contributed by atoms with Crippen molar-refractivity contribution < 1.29 is 4.63 Å². The number of aromatic nitrogens is 2. The number of benzene rings is 1. The monoisotopic (exact) mass is 174 g/mol. The fourth-order valence-corrected chi connectivity index (χ4v) is 1.31. The van der Waals surface area contributed by atoms with E-state index in [0.29, 0.717) is 11.6 Å². The van der Waals surface area contributed by atoms with Gasteiger partial charge in [-0.25, -0.2) is 4.63 Å². The molecule has 13 heavy (non-hydrogen) atoms. The number of para-hydroxylation sites is 2. The summed E-state index contributed by atoms with van der Waals surface area (Å²) < 4.78 is 4.57. The topological polar surface area (TPSA) is 63.0 Å². The molecule has 0 radical (unpaired) electrons. The minimum absolute atomic E-state index is 0.624. The highest BCUT2D eigenvalue weighted by atomic mass is 16.6. The smallest absolute Gasteiger partial charge is 0.220 e. The molecule has 0 saturated heterocycles. The normalized spacial score (nSPS) is 12.3. The Bertz CT molecular complexity index is 411. The molecule has 0 fully saturated rings. The molecule has 0 spiro atoms. The van der Waals surface area contributed by atoms with Crippen LogP contribution in [-0.4, -0.2) is 10.3 Å². The van der Waals surface area contributed by atoms with Gasteiger partial charge in [0.25, 0.3) is 0 Å². The number of anilines is 4. The Labute approximate surface area is 73.7 Å². The lowest BCUT2D eigenvalue weighted by atomic mass is 10.2. The molecule has 1 aliphatic rings. The summed E-state index contributed by atoms with van der Waals surface area (Å²) in [5.41, 5.74) is 1.96. The highest BCUT2D eigenvalue weighted by Gasteiger charge is 2.17. The maximum Gasteiger partial charge on any atom is 0.220 e. The number of rotatable bonds is 0. The first kappa shape index (κ1) is 6.47. The summed E-state index contributed by atoms with van der Waals surface area (Å²) in [7, 11) is 0. The van der Waals surface area contributed by atoms with E-state index in [9.17, 15) is 0 Å². The fourth-order valence-electron chi connectivity index (χ4n) is 1.31. The quantitative estimate of drug-likeness (QED) is 0.544. The lowest BCUT2D eigenvalue weighted by molar-refractivity contribution is 0.311. The maximum atomic E-state index is 4.57. The van der Waals surface area contributed by atoms with Crippen molar-refractivity contribution in [3.63, 3.8) is 0 Å². The molecule has 64 valence electrons. The van der Waals surface area contributed by atoms with Gasteiger partial charge in [0.1, 0.15) is 0 Å². The van der Waals surface area contributed by atoms with Crippen molar-refractivity contribution in [3.8, 4) is 0 Å². The van der Waals surface area contributed by atoms with Crippen molar-refractivity contribution in [2.24, 2.45) is 0 Å². The average molecular weight is 174 g/mol. The van der Waals surface area contributed by atoms with Crippen molar-refractivity contribution in [2.75, 3.05) is 10.6 Å². The molecule has 5 nitrogen and oxygen atoms in total. The predicted octanol–water partition coefficient (Wildman–Crippen LogP) is 1.87. The average Bonchev–Trinajstić information content (AvgIpc) is 2.61. The standard InChI is InChI=1S/C8H6N4O/c1-2-4-6-5(3-1)9-7-8(10-6)12-13-11-7/h1-4H,(H,9,11)(H,10,12). The molecule has 0 saturated carbocycles. The number of hydrogen-bond donors (Lipinski definition) is 2. The fraction of sp³-hybridized carbons (Fsp3) is 0. The summed E-state index contributed by atoms with van der Waals surface area (Å²) in [4.78, 5) is 0. The molecule has 0 aliphatic carbocycles. The van der Waals surface area contributed by atoms with Crippen LogP contribution in [0.3, 0.4) is 0 Å². The van der Waals surface area contributed by atoms with Crippen LogP contribution in [0.1, 0.15) is 0 Å². The summed E-state index contributed by atoms with van der Waals surface area (Å²) in [5.74, 6) is 1.25. The van der Waals surface area contributed by atoms with Gasteiger partial charge in [0.05, 0.1) is 11.4 Å². The van der Waals surface area contributed by atoms with Crippen LogP contribution in [0, 0.1) is 0 Å². The van der Waals surface area contributed by atoms with Gasteiger partial charge in [-0.1, -0.05) is 12.1 Å². The molecule has 5 heteroatoms. The Hall–Kier alpha value is -2.04. The molecule has 0 bridgehead atoms. The summed E-state index contributed by atoms with van der Waals surface area (Å²) >= 11 is 0. The first-order valence-electron chi connectivity index (χ1n) is 3.89. The summed E-state index contributed by atoms with van der Waals surface area (Å²) in [6.45, 7) is 0. The van der Waals surface area contributed by atoms with Crippen LogP contribution < -0.4 is 10.6 Å². The maximum absolute atomic E-state index is 4.57. The van der Waals surface area contributed by atoms with Crippen LogP contribution in [0.5, 0.6) is 0 Å². The zero-order valence-corrected chi connectivity index (χ0v) is 6.61. The Morgan fingerprint density at radius 1 is 0.923 bits per heavy atom. The number of fused-ring (bicyclic) bond motifs is 2. The Morgan fingerprint density at radius 2 is 1.46 bits per heavy atom. The highest BCUT2D eigenvalue weighted by molar-refractivity contribution is 5.85. The first-order chi connectivity index (χ1) is 6.43. The van der Waals surface area contributed by atoms with Gasteiger partial charge < -0.3 is 10.6 Å². The molecule has 2 heterocycles. The number of nitrogens with zero attached hydrogens (tertiary/aromatic N) is 2. The molecule has 2 aromatic rings. The Morgan fingerprint density at radius 3 is 2.00 bits per heavy atom. The Balaban J connectivity index is 2.14. The molecule has 1 aromatic heterocycles. The number of nitrogens with one attached hydrogen (secondary N) is 2. The van der Waals surface area contributed by atoms with E-state index in [2.05, 4.69) is 25.6 Å². The van der Waals surface area contributed by atoms with Crippen molar-refractivity contribution in [2.45, 2.75) is 0 Å². The van der Waals surface area contributed by atoms with Crippen molar-refractivity contribution in [1.29, 1.82) is 0 Å². The third-order valence-corrected chi connectivity index (χ3v) is 1.92. The van der Waals surface area contributed by atoms with E-state index in [4.69, 9.17) is 0 Å². The van der Waals surface area contributed by atoms with Gasteiger partial charge in [0.2, 0.25) is 11.6 Å². The van der Waals surface area contributed by atoms with Crippen LogP contribution in [0.15, 0.2) is 28.9 Å². The van der Waals surface area contributed by atoms with Crippen LogP contribution in [0.25, 0.3) is 0 Å². The van der Waals surface area contributed by atoms with Gasteiger partial charge in [0, 0.05) is 0 Å². The molecule has 0 amide bonds. The van der Waals surface area contributed by atoms with Crippen LogP contribution in [-0.2, 0) is 0 Å². The molecule has 1 aliphatic heterocycles. The second-order valence-corrected chi connectivity index (χ2v) is 2.76. The highest BCUT2D eigenvalue weighted by Crippen LogP contribution is 2.35. The summed E-state index contributed by atoms with van der Waals surface area (Å²) in [6, 6.07) is 7.82. The van der Waals surface area contributed by atoms with Gasteiger partial charge in [-0.15, -0.1) is 0 Å². The molecule has 0 unspecified atom stereocenters. The second kappa shape index (κ2) is 2.22. The summed E-state index contributed by atoms with van der Waals surface area (Å²) in [5, 5.41) is 13.6. The van der Waals surface area contributed by atoms with E-state index in [1.165, 1.54) is 0 Å². The number of hydrogen-bond acceptors (Lipinski definition) is 5. The molecule has 1 aromatic carbocycles. The van der Waals surface area contributed by atoms with Gasteiger partial charge in [-0.05, 0) is 22.4 Å². The van der Waals surface area contributed by atoms with Crippen LogP contribution in [0.2, 0.25) is 0 Å². The largest absolute Gasteiger partial charge is 0.332 e. The molecular formula is C8H6N4O. The van der Waals surface area contributed by atoms with Gasteiger partial charge in [0.15, 0.2) is 0 Å². The minimum Gasteiger partial charge on any atom is -0.332 e. The van der Waals surface area contributed by atoms with E-state index < -0.39 is 0 Å². The van der Waals surface area contributed by atoms with E-state index >= 15 is 0 Å². The molecule has 2 N–H and O–H groups in total.